The zero-order valence-electron chi connectivity index (χ0n) is 14.0. The second-order valence-electron chi connectivity index (χ2n) is 5.42. The molecule has 3 heterocycles. The molecule has 1 spiro atoms. The molecule has 0 atom stereocenters. The molecular formula is C16H20F4N2O3. The number of halogens is 4. The lowest BCUT2D eigenvalue weighted by Crippen LogP contribution is -2.47. The summed E-state index contributed by atoms with van der Waals surface area (Å²) in [5, 5.41) is 0. The second-order valence-corrected chi connectivity index (χ2v) is 5.42. The number of rotatable bonds is 1. The van der Waals surface area contributed by atoms with Gasteiger partial charge in [-0.1, -0.05) is 13.8 Å². The first-order valence-electron chi connectivity index (χ1n) is 8.11. The van der Waals surface area contributed by atoms with Crippen LogP contribution in [0.5, 0.6) is 0 Å². The summed E-state index contributed by atoms with van der Waals surface area (Å²) in [5.74, 6) is -3.15. The van der Waals surface area contributed by atoms with Crippen molar-refractivity contribution < 1.29 is 31.8 Å². The number of aromatic nitrogens is 1. The molecule has 2 fully saturated rings. The maximum Gasteiger partial charge on any atom is 0.436 e. The Hall–Kier alpha value is -1.74. The van der Waals surface area contributed by atoms with E-state index in [1.807, 2.05) is 13.8 Å². The molecule has 3 rings (SSSR count). The highest BCUT2D eigenvalue weighted by molar-refractivity contribution is 5.94. The van der Waals surface area contributed by atoms with Crippen molar-refractivity contribution in [2.45, 2.75) is 38.7 Å². The molecule has 9 heteroatoms. The first-order chi connectivity index (χ1) is 11.8. The molecule has 0 bridgehead atoms. The van der Waals surface area contributed by atoms with Gasteiger partial charge in [0, 0.05) is 32.1 Å². The highest BCUT2D eigenvalue weighted by atomic mass is 19.4. The van der Waals surface area contributed by atoms with Gasteiger partial charge in [0.1, 0.15) is 0 Å². The van der Waals surface area contributed by atoms with Gasteiger partial charge in [-0.05, 0) is 6.07 Å². The summed E-state index contributed by atoms with van der Waals surface area (Å²) in [4.78, 5) is 16.6. The van der Waals surface area contributed by atoms with Gasteiger partial charge < -0.3 is 14.4 Å². The highest BCUT2D eigenvalue weighted by Gasteiger charge is 2.42. The van der Waals surface area contributed by atoms with E-state index in [4.69, 9.17) is 9.47 Å². The van der Waals surface area contributed by atoms with Crippen LogP contribution in [0.25, 0.3) is 0 Å². The van der Waals surface area contributed by atoms with Crippen molar-refractivity contribution in [3.8, 4) is 0 Å². The van der Waals surface area contributed by atoms with Gasteiger partial charge in [-0.15, -0.1) is 0 Å². The molecule has 0 N–H and O–H groups in total. The lowest BCUT2D eigenvalue weighted by atomic mass is 10.0. The summed E-state index contributed by atoms with van der Waals surface area (Å²) in [6.07, 6.45) is -3.36. The van der Waals surface area contributed by atoms with E-state index in [0.717, 1.165) is 12.3 Å². The number of nitrogens with zero attached hydrogens (tertiary/aromatic N) is 2. The number of likely N-dealkylation sites (tertiary alicyclic amines) is 1. The van der Waals surface area contributed by atoms with Crippen LogP contribution >= 0.6 is 0 Å². The van der Waals surface area contributed by atoms with Crippen LogP contribution in [-0.4, -0.2) is 47.9 Å². The zero-order valence-corrected chi connectivity index (χ0v) is 14.0. The summed E-state index contributed by atoms with van der Waals surface area (Å²) in [5.41, 5.74) is -2.31. The van der Waals surface area contributed by atoms with Crippen molar-refractivity contribution >= 4 is 5.91 Å². The second kappa shape index (κ2) is 7.65. The van der Waals surface area contributed by atoms with Crippen molar-refractivity contribution in [1.82, 2.24) is 9.88 Å². The molecule has 0 aromatic carbocycles. The van der Waals surface area contributed by atoms with Crippen LogP contribution in [-0.2, 0) is 15.7 Å². The topological polar surface area (TPSA) is 51.7 Å². The van der Waals surface area contributed by atoms with Gasteiger partial charge in [0.05, 0.1) is 18.8 Å². The maximum absolute atomic E-state index is 14.0. The number of carbonyl (C=O) groups excluding carboxylic acids is 1. The summed E-state index contributed by atoms with van der Waals surface area (Å²) >= 11 is 0. The summed E-state index contributed by atoms with van der Waals surface area (Å²) in [7, 11) is 0. The molecule has 0 aliphatic carbocycles. The Balaban J connectivity index is 0.00000109. The molecular weight excluding hydrogens is 344 g/mol. The number of ether oxygens (including phenoxy) is 2. The van der Waals surface area contributed by atoms with Gasteiger partial charge in [-0.2, -0.15) is 13.2 Å². The van der Waals surface area contributed by atoms with Crippen LogP contribution in [0.2, 0.25) is 0 Å². The summed E-state index contributed by atoms with van der Waals surface area (Å²) in [6, 6.07) is 0.958. The van der Waals surface area contributed by atoms with Crippen molar-refractivity contribution in [3.63, 3.8) is 0 Å². The minimum Gasteiger partial charge on any atom is -0.347 e. The number of carbonyl (C=O) groups is 1. The zero-order chi connectivity index (χ0) is 18.7. The average molecular weight is 364 g/mol. The van der Waals surface area contributed by atoms with E-state index in [-0.39, 0.29) is 13.1 Å². The number of pyridine rings is 1. The maximum atomic E-state index is 14.0. The van der Waals surface area contributed by atoms with Gasteiger partial charge in [-0.3, -0.25) is 4.79 Å². The Morgan fingerprint density at radius 3 is 2.28 bits per heavy atom. The molecule has 1 aromatic rings. The van der Waals surface area contributed by atoms with Gasteiger partial charge in [0.2, 0.25) is 0 Å². The molecule has 0 saturated carbocycles. The number of alkyl halides is 3. The highest BCUT2D eigenvalue weighted by Crippen LogP contribution is 2.33. The quantitative estimate of drug-likeness (QED) is 0.718. The Morgan fingerprint density at radius 2 is 1.76 bits per heavy atom. The number of amides is 1. The van der Waals surface area contributed by atoms with Crippen molar-refractivity contribution in [1.29, 1.82) is 0 Å². The predicted molar refractivity (Wildman–Crippen MR) is 80.3 cm³/mol. The van der Waals surface area contributed by atoms with Crippen LogP contribution in [0.3, 0.4) is 0 Å². The third-order valence-electron chi connectivity index (χ3n) is 4.01. The minimum absolute atomic E-state index is 0.224. The van der Waals surface area contributed by atoms with E-state index in [1.54, 1.807) is 0 Å². The van der Waals surface area contributed by atoms with Crippen LogP contribution in [0.4, 0.5) is 17.6 Å². The molecule has 140 valence electrons. The van der Waals surface area contributed by atoms with E-state index in [9.17, 15) is 22.4 Å². The Bertz CT molecular complexity index is 606. The SMILES string of the molecule is CC.O=C(c1ccnc(C(F)(F)F)c1F)N1CCC2(CC1)OCCO2. The van der Waals surface area contributed by atoms with Crippen molar-refractivity contribution in [2.24, 2.45) is 0 Å². The molecule has 25 heavy (non-hydrogen) atoms. The molecule has 0 unspecified atom stereocenters. The predicted octanol–water partition coefficient (Wildman–Crippen LogP) is 3.24. The third kappa shape index (κ3) is 4.09. The first-order valence-corrected chi connectivity index (χ1v) is 8.11. The van der Waals surface area contributed by atoms with Gasteiger partial charge in [-0.25, -0.2) is 9.37 Å². The van der Waals surface area contributed by atoms with E-state index in [0.29, 0.717) is 26.1 Å². The standard InChI is InChI=1S/C14H14F4N2O3.C2H6/c15-10-9(1-4-19-11(10)14(16,17)18)12(21)20-5-2-13(3-6-20)22-7-8-23-13;1-2/h1,4H,2-3,5-8H2;1-2H3. The van der Waals surface area contributed by atoms with Crippen LogP contribution in [0.15, 0.2) is 12.3 Å². The van der Waals surface area contributed by atoms with Gasteiger partial charge in [0.15, 0.2) is 17.3 Å². The summed E-state index contributed by atoms with van der Waals surface area (Å²) < 4.78 is 63.0. The Kier molecular flexibility index (Phi) is 5.99. The van der Waals surface area contributed by atoms with E-state index in [1.165, 1.54) is 4.90 Å². The van der Waals surface area contributed by atoms with Crippen LogP contribution in [0, 0.1) is 5.82 Å². The lowest BCUT2D eigenvalue weighted by molar-refractivity contribution is -0.181. The molecule has 1 aromatic heterocycles. The van der Waals surface area contributed by atoms with Crippen LogP contribution in [0.1, 0.15) is 42.7 Å². The minimum atomic E-state index is -4.95. The van der Waals surface area contributed by atoms with E-state index >= 15 is 0 Å². The summed E-state index contributed by atoms with van der Waals surface area (Å²) in [6.45, 7) is 5.40. The lowest BCUT2D eigenvalue weighted by Gasteiger charge is -2.37. The fourth-order valence-electron chi connectivity index (χ4n) is 2.81. The molecule has 0 radical (unpaired) electrons. The Labute approximate surface area is 142 Å². The number of piperidine rings is 1. The third-order valence-corrected chi connectivity index (χ3v) is 4.01. The normalized spacial score (nSPS) is 19.5. The van der Waals surface area contributed by atoms with Crippen LogP contribution < -0.4 is 0 Å². The largest absolute Gasteiger partial charge is 0.436 e. The molecule has 2 saturated heterocycles. The Morgan fingerprint density at radius 1 is 1.20 bits per heavy atom. The number of hydrogen-bond acceptors (Lipinski definition) is 4. The van der Waals surface area contributed by atoms with E-state index < -0.39 is 34.9 Å². The fourth-order valence-corrected chi connectivity index (χ4v) is 2.81. The molecule has 2 aliphatic heterocycles. The van der Waals surface area contributed by atoms with Crippen molar-refractivity contribution in [3.05, 3.63) is 29.3 Å². The first kappa shape index (κ1) is 19.6. The van der Waals surface area contributed by atoms with Gasteiger partial charge >= 0.3 is 6.18 Å². The molecule has 2 aliphatic rings. The average Bonchev–Trinajstić information content (AvgIpc) is 3.04. The molecule has 1 amide bonds. The smallest absolute Gasteiger partial charge is 0.347 e. The fraction of sp³-hybridized carbons (Fsp3) is 0.625. The number of hydrogen-bond donors (Lipinski definition) is 0. The van der Waals surface area contributed by atoms with E-state index in [2.05, 4.69) is 4.98 Å². The molecule has 5 nitrogen and oxygen atoms in total. The van der Waals surface area contributed by atoms with Crippen molar-refractivity contribution in [2.75, 3.05) is 26.3 Å². The van der Waals surface area contributed by atoms with Gasteiger partial charge in [0.25, 0.3) is 5.91 Å². The monoisotopic (exact) mass is 364 g/mol.